The Morgan fingerprint density at radius 3 is 2.30 bits per heavy atom. The van der Waals surface area contributed by atoms with Crippen LogP contribution in [0.2, 0.25) is 0 Å². The summed E-state index contributed by atoms with van der Waals surface area (Å²) in [6.45, 7) is 6.86. The second-order valence-electron chi connectivity index (χ2n) is 8.94. The van der Waals surface area contributed by atoms with Crippen molar-refractivity contribution in [1.29, 1.82) is 0 Å². The molecule has 0 radical (unpaired) electrons. The van der Waals surface area contributed by atoms with Crippen LogP contribution in [0.3, 0.4) is 0 Å². The summed E-state index contributed by atoms with van der Waals surface area (Å²) >= 11 is 0. The minimum absolute atomic E-state index is 0.0401. The highest BCUT2D eigenvalue weighted by molar-refractivity contribution is 6.45. The molecule has 0 saturated heterocycles. The number of hydrogen-bond donors (Lipinski definition) is 2. The number of hydrogen-bond acceptors (Lipinski definition) is 4. The number of amides is 1. The second-order valence-corrected chi connectivity index (χ2v) is 8.94. The van der Waals surface area contributed by atoms with Crippen molar-refractivity contribution in [2.45, 2.75) is 52.8 Å². The number of allylic oxidation sites excluding steroid dienone is 2. The molecule has 1 amide bonds. The lowest BCUT2D eigenvalue weighted by Gasteiger charge is -2.19. The molecule has 1 aliphatic heterocycles. The van der Waals surface area contributed by atoms with E-state index in [0.717, 1.165) is 22.3 Å². The smallest absolute Gasteiger partial charge is 0.397 e. The zero-order chi connectivity index (χ0) is 27.2. The van der Waals surface area contributed by atoms with Crippen LogP contribution in [0.5, 0.6) is 5.75 Å². The van der Waals surface area contributed by atoms with Crippen molar-refractivity contribution in [2.75, 3.05) is 13.2 Å². The predicted molar refractivity (Wildman–Crippen MR) is 140 cm³/mol. The number of nitrogens with one attached hydrogen (secondary N) is 1. The Labute approximate surface area is 215 Å². The standard InChI is InChI=1S/C29H33F3N2O3/c1-5-25(30)21-7-9-22(10-8-21)27-19(4)18(3)24(17-26(34-27)28(36)33-15-16-35)20-11-13-23(14-12-20)37-29(31,32)6-2/h7-14,17-18,25,35H,5-6,15-16H2,1-4H3,(H,33,36). The fourth-order valence-corrected chi connectivity index (χ4v) is 4.00. The molecule has 0 spiro atoms. The molecule has 2 unspecified atom stereocenters. The molecule has 1 aliphatic rings. The van der Waals surface area contributed by atoms with Gasteiger partial charge in [0.15, 0.2) is 0 Å². The average molecular weight is 515 g/mol. The Balaban J connectivity index is 2.04. The molecule has 2 aromatic carbocycles. The largest absolute Gasteiger partial charge is 0.433 e. The van der Waals surface area contributed by atoms with Crippen molar-refractivity contribution >= 4 is 22.9 Å². The molecule has 3 rings (SSSR count). The van der Waals surface area contributed by atoms with E-state index in [2.05, 4.69) is 10.3 Å². The minimum Gasteiger partial charge on any atom is -0.433 e. The SMILES string of the molecule is CCC(F)c1ccc(C2=C(C)C(C)C(c3ccc(OC(F)(F)CC)cc3)=CC(C(=O)NCCO)=N2)cc1. The quantitative estimate of drug-likeness (QED) is 0.380. The van der Waals surface area contributed by atoms with Crippen LogP contribution in [-0.4, -0.2) is 36.0 Å². The summed E-state index contributed by atoms with van der Waals surface area (Å²) in [6, 6.07) is 13.3. The molecular weight excluding hydrogens is 481 g/mol. The molecule has 0 aromatic heterocycles. The zero-order valence-electron chi connectivity index (χ0n) is 21.5. The highest BCUT2D eigenvalue weighted by atomic mass is 19.3. The Hall–Kier alpha value is -3.39. The van der Waals surface area contributed by atoms with E-state index in [1.54, 1.807) is 49.4 Å². The monoisotopic (exact) mass is 514 g/mol. The van der Waals surface area contributed by atoms with E-state index in [9.17, 15) is 18.0 Å². The van der Waals surface area contributed by atoms with E-state index in [4.69, 9.17) is 9.84 Å². The van der Waals surface area contributed by atoms with E-state index < -0.39 is 24.6 Å². The molecule has 0 aliphatic carbocycles. The molecule has 2 N–H and O–H groups in total. The third-order valence-electron chi connectivity index (χ3n) is 6.41. The first kappa shape index (κ1) is 28.2. The van der Waals surface area contributed by atoms with Crippen LogP contribution in [0.15, 0.2) is 65.2 Å². The first-order chi connectivity index (χ1) is 17.6. The maximum atomic E-state index is 14.1. The summed E-state index contributed by atoms with van der Waals surface area (Å²) in [5, 5.41) is 11.8. The number of alkyl halides is 3. The van der Waals surface area contributed by atoms with Crippen LogP contribution in [-0.2, 0) is 4.79 Å². The Morgan fingerprint density at radius 1 is 1.11 bits per heavy atom. The van der Waals surface area contributed by atoms with Gasteiger partial charge in [-0.1, -0.05) is 57.2 Å². The lowest BCUT2D eigenvalue weighted by Crippen LogP contribution is -2.32. The number of nitrogens with zero attached hydrogens (tertiary/aromatic N) is 1. The van der Waals surface area contributed by atoms with Gasteiger partial charge in [-0.05, 0) is 53.8 Å². The summed E-state index contributed by atoms with van der Waals surface area (Å²) < 4.78 is 46.2. The molecule has 5 nitrogen and oxygen atoms in total. The first-order valence-corrected chi connectivity index (χ1v) is 12.4. The Kier molecular flexibility index (Phi) is 9.32. The van der Waals surface area contributed by atoms with E-state index in [0.29, 0.717) is 17.7 Å². The summed E-state index contributed by atoms with van der Waals surface area (Å²) in [5.74, 6) is -0.603. The number of rotatable bonds is 10. The number of ether oxygens (including phenoxy) is 1. The third-order valence-corrected chi connectivity index (χ3v) is 6.41. The highest BCUT2D eigenvalue weighted by Crippen LogP contribution is 2.37. The average Bonchev–Trinajstić information content (AvgIpc) is 3.03. The van der Waals surface area contributed by atoms with Crippen molar-refractivity contribution in [3.05, 3.63) is 76.9 Å². The van der Waals surface area contributed by atoms with Gasteiger partial charge < -0.3 is 15.2 Å². The molecule has 37 heavy (non-hydrogen) atoms. The first-order valence-electron chi connectivity index (χ1n) is 12.4. The molecule has 1 heterocycles. The molecule has 8 heteroatoms. The summed E-state index contributed by atoms with van der Waals surface area (Å²) in [5.41, 5.74) is 4.42. The van der Waals surface area contributed by atoms with Gasteiger partial charge in [-0.25, -0.2) is 9.38 Å². The minimum atomic E-state index is -3.26. The van der Waals surface area contributed by atoms with Gasteiger partial charge >= 0.3 is 6.11 Å². The van der Waals surface area contributed by atoms with Crippen molar-refractivity contribution < 1.29 is 27.8 Å². The summed E-state index contributed by atoms with van der Waals surface area (Å²) in [4.78, 5) is 17.6. The van der Waals surface area contributed by atoms with Gasteiger partial charge in [-0.3, -0.25) is 4.79 Å². The van der Waals surface area contributed by atoms with Crippen LogP contribution < -0.4 is 10.1 Å². The summed E-state index contributed by atoms with van der Waals surface area (Å²) in [6.07, 6.45) is -2.72. The van der Waals surface area contributed by atoms with E-state index >= 15 is 0 Å². The topological polar surface area (TPSA) is 70.9 Å². The van der Waals surface area contributed by atoms with E-state index in [1.807, 2.05) is 13.8 Å². The van der Waals surface area contributed by atoms with Crippen molar-refractivity contribution in [3.63, 3.8) is 0 Å². The van der Waals surface area contributed by atoms with Gasteiger partial charge in [-0.15, -0.1) is 0 Å². The van der Waals surface area contributed by atoms with Crippen LogP contribution in [0.4, 0.5) is 13.2 Å². The molecule has 2 atom stereocenters. The van der Waals surface area contributed by atoms with Crippen LogP contribution in [0, 0.1) is 5.92 Å². The van der Waals surface area contributed by atoms with Crippen molar-refractivity contribution in [2.24, 2.45) is 10.9 Å². The van der Waals surface area contributed by atoms with E-state index in [-0.39, 0.29) is 30.5 Å². The number of halogens is 3. The fraction of sp³-hybridized carbons (Fsp3) is 0.379. The number of aliphatic hydroxyl groups is 1. The lowest BCUT2D eigenvalue weighted by atomic mass is 9.86. The third kappa shape index (κ3) is 6.89. The number of carbonyl (C=O) groups excluding carboxylic acids is 1. The normalized spacial score (nSPS) is 17.0. The van der Waals surface area contributed by atoms with Gasteiger partial charge in [0.05, 0.1) is 12.3 Å². The predicted octanol–water partition coefficient (Wildman–Crippen LogP) is 6.50. The van der Waals surface area contributed by atoms with Gasteiger partial charge in [0.2, 0.25) is 0 Å². The zero-order valence-corrected chi connectivity index (χ0v) is 21.5. The van der Waals surface area contributed by atoms with Crippen molar-refractivity contribution in [1.82, 2.24) is 5.32 Å². The molecular formula is C29H33F3N2O3. The molecule has 0 bridgehead atoms. The lowest BCUT2D eigenvalue weighted by molar-refractivity contribution is -0.177. The maximum Gasteiger partial charge on any atom is 0.397 e. The number of carbonyl (C=O) groups is 1. The number of aliphatic hydroxyl groups excluding tert-OH is 1. The van der Waals surface area contributed by atoms with Gasteiger partial charge in [-0.2, -0.15) is 8.78 Å². The molecule has 0 fully saturated rings. The Morgan fingerprint density at radius 2 is 1.73 bits per heavy atom. The molecule has 0 saturated carbocycles. The number of benzene rings is 2. The van der Waals surface area contributed by atoms with Gasteiger partial charge in [0, 0.05) is 24.4 Å². The summed E-state index contributed by atoms with van der Waals surface area (Å²) in [7, 11) is 0. The van der Waals surface area contributed by atoms with Crippen LogP contribution in [0.25, 0.3) is 11.3 Å². The maximum absolute atomic E-state index is 14.1. The van der Waals surface area contributed by atoms with Crippen LogP contribution in [0.1, 0.15) is 63.4 Å². The molecule has 2 aromatic rings. The second kappa shape index (κ2) is 12.2. The van der Waals surface area contributed by atoms with Crippen molar-refractivity contribution in [3.8, 4) is 5.75 Å². The Bertz CT molecular complexity index is 1190. The number of aliphatic imine (C=N–C) groups is 1. The fourth-order valence-electron chi connectivity index (χ4n) is 4.00. The van der Waals surface area contributed by atoms with Crippen LogP contribution >= 0.6 is 0 Å². The van der Waals surface area contributed by atoms with Gasteiger partial charge in [0.1, 0.15) is 17.6 Å². The highest BCUT2D eigenvalue weighted by Gasteiger charge is 2.29. The van der Waals surface area contributed by atoms with Gasteiger partial charge in [0.25, 0.3) is 5.91 Å². The molecule has 198 valence electrons. The van der Waals surface area contributed by atoms with E-state index in [1.165, 1.54) is 19.1 Å².